The van der Waals surface area contributed by atoms with Crippen LogP contribution in [0.15, 0.2) is 53.4 Å². The van der Waals surface area contributed by atoms with Crippen LogP contribution < -0.4 is 0 Å². The van der Waals surface area contributed by atoms with Gasteiger partial charge >= 0.3 is 0 Å². The van der Waals surface area contributed by atoms with Crippen molar-refractivity contribution in [3.63, 3.8) is 0 Å². The summed E-state index contributed by atoms with van der Waals surface area (Å²) >= 11 is 0. The number of nitrogens with zero attached hydrogens (tertiary/aromatic N) is 1. The van der Waals surface area contributed by atoms with Gasteiger partial charge in [0.2, 0.25) is 0 Å². The first-order chi connectivity index (χ1) is 13.8. The Bertz CT molecular complexity index is 660. The zero-order valence-electron chi connectivity index (χ0n) is 17.9. The zero-order valence-corrected chi connectivity index (χ0v) is 18.8. The van der Waals surface area contributed by atoms with E-state index in [0.29, 0.717) is 6.04 Å². The molecule has 0 unspecified atom stereocenters. The summed E-state index contributed by atoms with van der Waals surface area (Å²) < 4.78 is 0. The topological polar surface area (TPSA) is 3.24 Å². The van der Waals surface area contributed by atoms with Crippen molar-refractivity contribution in [3.05, 3.63) is 58.9 Å². The third-order valence-electron chi connectivity index (χ3n) is 7.12. The maximum absolute atomic E-state index is 2.49. The highest BCUT2D eigenvalue weighted by atomic mass is 31.1. The maximum atomic E-state index is 2.49. The molecule has 0 amide bonds. The molecule has 1 aromatic carbocycles. The lowest BCUT2D eigenvalue weighted by atomic mass is 9.98. The van der Waals surface area contributed by atoms with Crippen molar-refractivity contribution < 1.29 is 0 Å². The summed E-state index contributed by atoms with van der Waals surface area (Å²) in [4.78, 5) is 2.44. The molecule has 2 fully saturated rings. The van der Waals surface area contributed by atoms with E-state index in [4.69, 9.17) is 0 Å². The van der Waals surface area contributed by atoms with Crippen LogP contribution in [0.1, 0.15) is 82.2 Å². The largest absolute Gasteiger partial charge is 0.299 e. The van der Waals surface area contributed by atoms with E-state index >= 15 is 0 Å². The summed E-state index contributed by atoms with van der Waals surface area (Å²) in [5.74, 6) is 0. The highest BCUT2D eigenvalue weighted by molar-refractivity contribution is 7.63. The van der Waals surface area contributed by atoms with Gasteiger partial charge in [-0.3, -0.25) is 4.90 Å². The lowest BCUT2D eigenvalue weighted by Gasteiger charge is -2.41. The molecule has 3 aliphatic rings. The van der Waals surface area contributed by atoms with E-state index in [-0.39, 0.29) is 7.92 Å². The van der Waals surface area contributed by atoms with Gasteiger partial charge in [0, 0.05) is 0 Å². The van der Waals surface area contributed by atoms with E-state index < -0.39 is 0 Å². The van der Waals surface area contributed by atoms with Crippen molar-refractivity contribution in [1.82, 2.24) is 4.90 Å². The summed E-state index contributed by atoms with van der Waals surface area (Å²) in [6, 6.07) is 11.6. The van der Waals surface area contributed by atoms with Gasteiger partial charge in [0.1, 0.15) is 0 Å². The van der Waals surface area contributed by atoms with Crippen molar-refractivity contribution >= 4 is 7.92 Å². The zero-order chi connectivity index (χ0) is 19.3. The molecular weight excluding hydrogens is 357 g/mol. The van der Waals surface area contributed by atoms with Gasteiger partial charge < -0.3 is 0 Å². The highest BCUT2D eigenvalue weighted by Gasteiger charge is 2.36. The van der Waals surface area contributed by atoms with Crippen molar-refractivity contribution in [2.24, 2.45) is 0 Å². The molecule has 3 aliphatic carbocycles. The quantitative estimate of drug-likeness (QED) is 0.447. The van der Waals surface area contributed by atoms with Crippen LogP contribution in [0, 0.1) is 0 Å². The van der Waals surface area contributed by atoms with Crippen LogP contribution in [0.3, 0.4) is 0 Å². The van der Waals surface area contributed by atoms with Crippen LogP contribution >= 0.6 is 7.92 Å². The Labute approximate surface area is 174 Å². The number of hydrogen-bond acceptors (Lipinski definition) is 1. The molecule has 2 saturated carbocycles. The molecule has 0 bridgehead atoms. The van der Waals surface area contributed by atoms with Gasteiger partial charge in [-0.25, -0.2) is 0 Å². The van der Waals surface area contributed by atoms with Gasteiger partial charge in [-0.05, 0) is 74.0 Å². The number of likely N-dealkylation sites (N-methyl/N-ethyl adjacent to an activating group) is 1. The van der Waals surface area contributed by atoms with Crippen molar-refractivity contribution in [2.75, 3.05) is 14.1 Å². The predicted molar refractivity (Wildman–Crippen MR) is 124 cm³/mol. The Kier molecular flexibility index (Phi) is 7.08. The van der Waals surface area contributed by atoms with Gasteiger partial charge in [-0.1, -0.05) is 88.9 Å². The Balaban J connectivity index is 1.72. The normalized spacial score (nSPS) is 23.1. The van der Waals surface area contributed by atoms with E-state index in [0.717, 1.165) is 11.3 Å². The molecule has 28 heavy (non-hydrogen) atoms. The molecule has 0 spiro atoms. The van der Waals surface area contributed by atoms with Gasteiger partial charge in [0.15, 0.2) is 0 Å². The molecule has 152 valence electrons. The Morgan fingerprint density at radius 3 is 1.93 bits per heavy atom. The van der Waals surface area contributed by atoms with Gasteiger partial charge in [-0.15, -0.1) is 0 Å². The molecule has 0 aromatic heterocycles. The summed E-state index contributed by atoms with van der Waals surface area (Å²) in [6.07, 6.45) is 21.0. The van der Waals surface area contributed by atoms with E-state index in [2.05, 4.69) is 61.5 Å². The second kappa shape index (κ2) is 9.73. The Morgan fingerprint density at radius 2 is 1.39 bits per heavy atom. The third-order valence-corrected chi connectivity index (χ3v) is 10.8. The van der Waals surface area contributed by atoms with Crippen molar-refractivity contribution in [2.45, 2.75) is 88.0 Å². The van der Waals surface area contributed by atoms with Crippen LogP contribution in [-0.4, -0.2) is 30.3 Å². The van der Waals surface area contributed by atoms with E-state index in [9.17, 15) is 0 Å². The molecule has 4 rings (SSSR count). The molecule has 1 nitrogen and oxygen atoms in total. The molecule has 2 heteroatoms. The second-order valence-electron chi connectivity index (χ2n) is 9.28. The molecule has 1 atom stereocenters. The molecule has 0 radical (unpaired) electrons. The fourth-order valence-electron chi connectivity index (χ4n) is 5.86. The summed E-state index contributed by atoms with van der Waals surface area (Å²) in [5, 5.41) is 1.87. The van der Waals surface area contributed by atoms with Crippen LogP contribution in [0.4, 0.5) is 0 Å². The SMILES string of the molecule is CN(C)[C@@H](C1=C(P(C2CCCCC2)C2CCCCC2)CC=C1)c1ccccc1. The van der Waals surface area contributed by atoms with E-state index in [1.807, 2.05) is 5.31 Å². The molecule has 0 N–H and O–H groups in total. The molecule has 0 aliphatic heterocycles. The molecule has 0 saturated heterocycles. The average Bonchev–Trinajstić information content (AvgIpc) is 3.19. The number of rotatable bonds is 6. The summed E-state index contributed by atoms with van der Waals surface area (Å²) in [7, 11) is 4.53. The minimum atomic E-state index is 0.00545. The minimum absolute atomic E-state index is 0.00545. The smallest absolute Gasteiger partial charge is 0.0599 e. The maximum Gasteiger partial charge on any atom is 0.0599 e. The van der Waals surface area contributed by atoms with Crippen LogP contribution in [0.2, 0.25) is 0 Å². The van der Waals surface area contributed by atoms with Gasteiger partial charge in [-0.2, -0.15) is 0 Å². The third kappa shape index (κ3) is 4.47. The summed E-state index contributed by atoms with van der Waals surface area (Å²) in [5.41, 5.74) is 5.10. The van der Waals surface area contributed by atoms with Crippen LogP contribution in [-0.2, 0) is 0 Å². The van der Waals surface area contributed by atoms with E-state index in [1.165, 1.54) is 76.2 Å². The lowest BCUT2D eigenvalue weighted by Crippen LogP contribution is -2.24. The van der Waals surface area contributed by atoms with Crippen molar-refractivity contribution in [3.8, 4) is 0 Å². The predicted octanol–water partition coefficient (Wildman–Crippen LogP) is 7.65. The average molecular weight is 396 g/mol. The standard InChI is InChI=1S/C26H38NP/c1-27(2)26(21-13-6-3-7-14-21)24-19-12-20-25(24)28(22-15-8-4-9-16-22)23-17-10-5-11-18-23/h3,6-7,12-14,19,22-23,26H,4-5,8-11,15-18,20H2,1-2H3/t26-/m1/s1. The monoisotopic (exact) mass is 395 g/mol. The first kappa shape index (κ1) is 20.4. The molecular formula is C26H38NP. The van der Waals surface area contributed by atoms with Crippen LogP contribution in [0.5, 0.6) is 0 Å². The fraction of sp³-hybridized carbons (Fsp3) is 0.615. The lowest BCUT2D eigenvalue weighted by molar-refractivity contribution is 0.341. The minimum Gasteiger partial charge on any atom is -0.299 e. The Morgan fingerprint density at radius 1 is 0.821 bits per heavy atom. The fourth-order valence-corrected chi connectivity index (χ4v) is 10.00. The number of hydrogen-bond donors (Lipinski definition) is 0. The molecule has 1 aromatic rings. The highest BCUT2D eigenvalue weighted by Crippen LogP contribution is 2.64. The first-order valence-electron chi connectivity index (χ1n) is 11.6. The van der Waals surface area contributed by atoms with Crippen molar-refractivity contribution in [1.29, 1.82) is 0 Å². The second-order valence-corrected chi connectivity index (χ2v) is 12.1. The Hall–Kier alpha value is -0.910. The van der Waals surface area contributed by atoms with Gasteiger partial charge in [0.25, 0.3) is 0 Å². The first-order valence-corrected chi connectivity index (χ1v) is 13.1. The molecule has 0 heterocycles. The van der Waals surface area contributed by atoms with E-state index in [1.54, 1.807) is 5.57 Å². The summed E-state index contributed by atoms with van der Waals surface area (Å²) in [6.45, 7) is 0. The van der Waals surface area contributed by atoms with Crippen LogP contribution in [0.25, 0.3) is 0 Å². The number of allylic oxidation sites excluding steroid dienone is 2. The number of benzene rings is 1. The van der Waals surface area contributed by atoms with Gasteiger partial charge in [0.05, 0.1) is 6.04 Å².